The molecule has 1 heterocycles. The van der Waals surface area contributed by atoms with Crippen molar-refractivity contribution in [1.29, 1.82) is 0 Å². The van der Waals surface area contributed by atoms with Gasteiger partial charge in [-0.15, -0.1) is 0 Å². The van der Waals surface area contributed by atoms with Crippen LogP contribution in [0.3, 0.4) is 0 Å². The van der Waals surface area contributed by atoms with E-state index in [-0.39, 0.29) is 11.3 Å². The highest BCUT2D eigenvalue weighted by Gasteiger charge is 2.18. The first-order valence-electron chi connectivity index (χ1n) is 8.33. The first-order chi connectivity index (χ1) is 12.2. The van der Waals surface area contributed by atoms with E-state index in [1.165, 1.54) is 23.5 Å². The summed E-state index contributed by atoms with van der Waals surface area (Å²) in [7, 11) is 1.67. The maximum atomic E-state index is 11.2. The van der Waals surface area contributed by atoms with Crippen LogP contribution in [0.15, 0.2) is 42.2 Å². The first-order valence-corrected chi connectivity index (χ1v) is 8.33. The Kier molecular flexibility index (Phi) is 5.33. The Morgan fingerprint density at radius 1 is 1.16 bits per heavy atom. The summed E-state index contributed by atoms with van der Waals surface area (Å²) < 4.78 is 11.3. The van der Waals surface area contributed by atoms with E-state index in [9.17, 15) is 9.90 Å². The lowest BCUT2D eigenvalue weighted by atomic mass is 9.87. The number of aromatic nitrogens is 1. The summed E-state index contributed by atoms with van der Waals surface area (Å²) in [4.78, 5) is 15.1. The number of methoxy groups -OCH3 is 1. The number of benzene rings is 1. The number of rotatable bonds is 6. The zero-order valence-electron chi connectivity index (χ0n) is 14.2. The lowest BCUT2D eigenvalue weighted by Crippen LogP contribution is -2.10. The summed E-state index contributed by atoms with van der Waals surface area (Å²) in [6.07, 6.45) is 7.42. The number of nitrogens with zero attached hydrogens (tertiary/aromatic N) is 1. The molecule has 0 saturated carbocycles. The minimum atomic E-state index is -0.171. The van der Waals surface area contributed by atoms with Crippen LogP contribution in [-0.2, 0) is 0 Å². The van der Waals surface area contributed by atoms with Gasteiger partial charge in [0.05, 0.1) is 19.5 Å². The van der Waals surface area contributed by atoms with Crippen LogP contribution in [0.25, 0.3) is 5.57 Å². The molecule has 1 aromatic carbocycles. The van der Waals surface area contributed by atoms with Gasteiger partial charge in [0, 0.05) is 5.56 Å². The Morgan fingerprint density at radius 2 is 1.96 bits per heavy atom. The van der Waals surface area contributed by atoms with E-state index in [0.717, 1.165) is 37.0 Å². The Morgan fingerprint density at radius 3 is 2.76 bits per heavy atom. The van der Waals surface area contributed by atoms with Crippen molar-refractivity contribution >= 4 is 11.9 Å². The Hall–Kier alpha value is -2.82. The standard InChI is InChI=1S/C20H21NO4/c1-24-19-9-5-4-8-16(19)15-7-3-2-6-14(15)13-25-20-11-21-10-18(23)17(20)12-22/h4-5,8-12,23H,2-3,6-7,13H2,1H3. The molecule has 0 fully saturated rings. The van der Waals surface area contributed by atoms with Gasteiger partial charge >= 0.3 is 0 Å². The number of para-hydroxylation sites is 1. The van der Waals surface area contributed by atoms with Gasteiger partial charge in [-0.1, -0.05) is 18.2 Å². The van der Waals surface area contributed by atoms with Gasteiger partial charge in [0.15, 0.2) is 12.0 Å². The van der Waals surface area contributed by atoms with E-state index in [0.29, 0.717) is 18.6 Å². The average molecular weight is 339 g/mol. The van der Waals surface area contributed by atoms with E-state index in [1.807, 2.05) is 18.2 Å². The molecule has 2 aromatic rings. The molecule has 5 nitrogen and oxygen atoms in total. The van der Waals surface area contributed by atoms with Gasteiger partial charge in [-0.05, 0) is 42.9 Å². The maximum absolute atomic E-state index is 11.2. The third-order valence-electron chi connectivity index (χ3n) is 4.46. The van der Waals surface area contributed by atoms with E-state index in [4.69, 9.17) is 9.47 Å². The molecule has 0 bridgehead atoms. The summed E-state index contributed by atoms with van der Waals surface area (Å²) in [5, 5.41) is 9.72. The largest absolute Gasteiger partial charge is 0.505 e. The molecular formula is C20H21NO4. The number of aromatic hydroxyl groups is 1. The quantitative estimate of drug-likeness (QED) is 0.805. The second kappa shape index (κ2) is 7.83. The molecule has 1 aromatic heterocycles. The van der Waals surface area contributed by atoms with Crippen molar-refractivity contribution < 1.29 is 19.4 Å². The fraction of sp³-hybridized carbons (Fsp3) is 0.300. The lowest BCUT2D eigenvalue weighted by molar-refractivity contribution is 0.111. The summed E-state index contributed by atoms with van der Waals surface area (Å²) in [5.74, 6) is 0.979. The van der Waals surface area contributed by atoms with Crippen LogP contribution in [0.4, 0.5) is 0 Å². The van der Waals surface area contributed by atoms with E-state index in [1.54, 1.807) is 7.11 Å². The Labute approximate surface area is 146 Å². The summed E-state index contributed by atoms with van der Waals surface area (Å²) in [6.45, 7) is 0.360. The molecule has 3 rings (SSSR count). The highest BCUT2D eigenvalue weighted by atomic mass is 16.5. The minimum Gasteiger partial charge on any atom is -0.505 e. The molecular weight excluding hydrogens is 318 g/mol. The smallest absolute Gasteiger partial charge is 0.157 e. The van der Waals surface area contributed by atoms with Crippen LogP contribution in [0.5, 0.6) is 17.2 Å². The van der Waals surface area contributed by atoms with Crippen LogP contribution in [-0.4, -0.2) is 30.1 Å². The number of carbonyl (C=O) groups is 1. The highest BCUT2D eigenvalue weighted by molar-refractivity contribution is 5.83. The summed E-state index contributed by atoms with van der Waals surface area (Å²) >= 11 is 0. The molecule has 5 heteroatoms. The van der Waals surface area contributed by atoms with Gasteiger partial charge in [-0.3, -0.25) is 9.78 Å². The number of ether oxygens (including phenoxy) is 2. The van der Waals surface area contributed by atoms with E-state index >= 15 is 0 Å². The van der Waals surface area contributed by atoms with Crippen molar-refractivity contribution in [2.75, 3.05) is 13.7 Å². The van der Waals surface area contributed by atoms with Crippen molar-refractivity contribution in [3.05, 3.63) is 53.4 Å². The number of aldehydes is 1. The highest BCUT2D eigenvalue weighted by Crippen LogP contribution is 2.37. The van der Waals surface area contributed by atoms with Gasteiger partial charge < -0.3 is 14.6 Å². The first kappa shape index (κ1) is 17.0. The molecule has 0 atom stereocenters. The molecule has 0 spiro atoms. The van der Waals surface area contributed by atoms with Crippen molar-refractivity contribution in [2.45, 2.75) is 25.7 Å². The maximum Gasteiger partial charge on any atom is 0.157 e. The van der Waals surface area contributed by atoms with Crippen LogP contribution >= 0.6 is 0 Å². The zero-order valence-corrected chi connectivity index (χ0v) is 14.2. The fourth-order valence-electron chi connectivity index (χ4n) is 3.19. The SMILES string of the molecule is COc1ccccc1C1=C(COc2cncc(O)c2C=O)CCCC1. The number of pyridine rings is 1. The number of carbonyl (C=O) groups excluding carboxylic acids is 1. The summed E-state index contributed by atoms with van der Waals surface area (Å²) in [5.41, 5.74) is 3.65. The third kappa shape index (κ3) is 3.65. The van der Waals surface area contributed by atoms with E-state index < -0.39 is 0 Å². The van der Waals surface area contributed by atoms with Crippen LogP contribution in [0.1, 0.15) is 41.6 Å². The van der Waals surface area contributed by atoms with Crippen LogP contribution in [0.2, 0.25) is 0 Å². The van der Waals surface area contributed by atoms with Crippen molar-refractivity contribution in [1.82, 2.24) is 4.98 Å². The molecule has 1 N–H and O–H groups in total. The zero-order chi connectivity index (χ0) is 17.6. The summed E-state index contributed by atoms with van der Waals surface area (Å²) in [6, 6.07) is 7.98. The fourth-order valence-corrected chi connectivity index (χ4v) is 3.19. The molecule has 0 amide bonds. The molecule has 1 aliphatic rings. The second-order valence-corrected chi connectivity index (χ2v) is 5.97. The molecule has 0 radical (unpaired) electrons. The number of allylic oxidation sites excluding steroid dienone is 1. The normalized spacial score (nSPS) is 14.3. The van der Waals surface area contributed by atoms with Crippen molar-refractivity contribution in [3.8, 4) is 17.2 Å². The van der Waals surface area contributed by atoms with Crippen molar-refractivity contribution in [3.63, 3.8) is 0 Å². The van der Waals surface area contributed by atoms with Gasteiger partial charge in [0.25, 0.3) is 0 Å². The Bertz CT molecular complexity index is 798. The predicted octanol–water partition coefficient (Wildman–Crippen LogP) is 4.01. The van der Waals surface area contributed by atoms with Crippen LogP contribution < -0.4 is 9.47 Å². The Balaban J connectivity index is 1.90. The second-order valence-electron chi connectivity index (χ2n) is 5.97. The van der Waals surface area contributed by atoms with Gasteiger partial charge in [-0.2, -0.15) is 0 Å². The van der Waals surface area contributed by atoms with Gasteiger partial charge in [0.2, 0.25) is 0 Å². The third-order valence-corrected chi connectivity index (χ3v) is 4.46. The molecule has 130 valence electrons. The lowest BCUT2D eigenvalue weighted by Gasteiger charge is -2.22. The molecule has 25 heavy (non-hydrogen) atoms. The number of hydrogen-bond acceptors (Lipinski definition) is 5. The monoisotopic (exact) mass is 339 g/mol. The van der Waals surface area contributed by atoms with Crippen LogP contribution in [0, 0.1) is 0 Å². The topological polar surface area (TPSA) is 68.7 Å². The van der Waals surface area contributed by atoms with E-state index in [2.05, 4.69) is 11.1 Å². The molecule has 0 aliphatic heterocycles. The molecule has 1 aliphatic carbocycles. The van der Waals surface area contributed by atoms with Gasteiger partial charge in [0.1, 0.15) is 23.7 Å². The van der Waals surface area contributed by atoms with Gasteiger partial charge in [-0.25, -0.2) is 0 Å². The molecule has 0 saturated heterocycles. The molecule has 0 unspecified atom stereocenters. The predicted molar refractivity (Wildman–Crippen MR) is 95.2 cm³/mol. The van der Waals surface area contributed by atoms with Crippen molar-refractivity contribution in [2.24, 2.45) is 0 Å². The minimum absolute atomic E-state index is 0.130. The average Bonchev–Trinajstić information content (AvgIpc) is 2.66. The number of hydrogen-bond donors (Lipinski definition) is 1.